The molecule has 1 aromatic carbocycles. The molecule has 3 heteroatoms. The SMILES string of the molecule is CCCN(C1CCCNC1)C(C)c1ccc(F)cc1. The third-order valence-corrected chi connectivity index (χ3v) is 4.07. The predicted molar refractivity (Wildman–Crippen MR) is 77.7 cm³/mol. The maximum Gasteiger partial charge on any atom is 0.123 e. The Balaban J connectivity index is 2.10. The molecular weight excluding hydrogens is 239 g/mol. The zero-order chi connectivity index (χ0) is 13.7. The first-order chi connectivity index (χ1) is 9.22. The third kappa shape index (κ3) is 3.77. The van der Waals surface area contributed by atoms with Gasteiger partial charge in [0.1, 0.15) is 5.82 Å². The van der Waals surface area contributed by atoms with E-state index in [9.17, 15) is 4.39 Å². The summed E-state index contributed by atoms with van der Waals surface area (Å²) in [7, 11) is 0. The Bertz CT molecular complexity index is 371. The maximum absolute atomic E-state index is 13.0. The molecule has 0 aromatic heterocycles. The number of hydrogen-bond acceptors (Lipinski definition) is 2. The summed E-state index contributed by atoms with van der Waals surface area (Å²) in [6.45, 7) is 7.77. The normalized spacial score (nSPS) is 21.6. The fraction of sp³-hybridized carbons (Fsp3) is 0.625. The van der Waals surface area contributed by atoms with Gasteiger partial charge in [0.2, 0.25) is 0 Å². The topological polar surface area (TPSA) is 15.3 Å². The molecule has 0 bridgehead atoms. The van der Waals surface area contributed by atoms with Crippen LogP contribution in [0.5, 0.6) is 0 Å². The van der Waals surface area contributed by atoms with Crippen molar-refractivity contribution in [3.63, 3.8) is 0 Å². The van der Waals surface area contributed by atoms with Crippen molar-refractivity contribution in [1.82, 2.24) is 10.2 Å². The molecule has 1 heterocycles. The van der Waals surface area contributed by atoms with E-state index in [1.807, 2.05) is 12.1 Å². The van der Waals surface area contributed by atoms with E-state index in [-0.39, 0.29) is 5.82 Å². The summed E-state index contributed by atoms with van der Waals surface area (Å²) in [6.07, 6.45) is 3.67. The highest BCUT2D eigenvalue weighted by Gasteiger charge is 2.25. The largest absolute Gasteiger partial charge is 0.315 e. The maximum atomic E-state index is 13.0. The quantitative estimate of drug-likeness (QED) is 0.877. The van der Waals surface area contributed by atoms with E-state index < -0.39 is 0 Å². The van der Waals surface area contributed by atoms with Gasteiger partial charge in [-0.3, -0.25) is 4.90 Å². The molecular formula is C16H25FN2. The minimum Gasteiger partial charge on any atom is -0.315 e. The Kier molecular flexibility index (Phi) is 5.34. The van der Waals surface area contributed by atoms with Crippen LogP contribution in [-0.2, 0) is 0 Å². The fourth-order valence-corrected chi connectivity index (χ4v) is 3.00. The van der Waals surface area contributed by atoms with Crippen molar-refractivity contribution in [2.75, 3.05) is 19.6 Å². The molecule has 1 aliphatic heterocycles. The second kappa shape index (κ2) is 7.01. The van der Waals surface area contributed by atoms with Crippen molar-refractivity contribution in [3.8, 4) is 0 Å². The van der Waals surface area contributed by atoms with Crippen LogP contribution in [-0.4, -0.2) is 30.6 Å². The van der Waals surface area contributed by atoms with E-state index in [0.29, 0.717) is 12.1 Å². The zero-order valence-corrected chi connectivity index (χ0v) is 12.0. The minimum absolute atomic E-state index is 0.155. The molecule has 0 spiro atoms. The monoisotopic (exact) mass is 264 g/mol. The summed E-state index contributed by atoms with van der Waals surface area (Å²) in [4.78, 5) is 2.57. The lowest BCUT2D eigenvalue weighted by atomic mass is 10.00. The number of hydrogen-bond donors (Lipinski definition) is 1. The molecule has 0 amide bonds. The highest BCUT2D eigenvalue weighted by Crippen LogP contribution is 2.25. The molecule has 0 aliphatic carbocycles. The van der Waals surface area contributed by atoms with Gasteiger partial charge in [-0.25, -0.2) is 4.39 Å². The van der Waals surface area contributed by atoms with Crippen molar-refractivity contribution >= 4 is 0 Å². The van der Waals surface area contributed by atoms with E-state index >= 15 is 0 Å². The van der Waals surface area contributed by atoms with Crippen LogP contribution in [0.2, 0.25) is 0 Å². The Hall–Kier alpha value is -0.930. The molecule has 0 radical (unpaired) electrons. The zero-order valence-electron chi connectivity index (χ0n) is 12.0. The van der Waals surface area contributed by atoms with Crippen molar-refractivity contribution in [1.29, 1.82) is 0 Å². The second-order valence-electron chi connectivity index (χ2n) is 5.47. The van der Waals surface area contributed by atoms with Crippen molar-refractivity contribution in [2.45, 2.75) is 45.2 Å². The van der Waals surface area contributed by atoms with Gasteiger partial charge in [-0.1, -0.05) is 19.1 Å². The fourth-order valence-electron chi connectivity index (χ4n) is 3.00. The molecule has 2 rings (SSSR count). The van der Waals surface area contributed by atoms with E-state index in [2.05, 4.69) is 24.1 Å². The lowest BCUT2D eigenvalue weighted by molar-refractivity contribution is 0.120. The van der Waals surface area contributed by atoms with Gasteiger partial charge in [-0.2, -0.15) is 0 Å². The van der Waals surface area contributed by atoms with Gasteiger partial charge >= 0.3 is 0 Å². The number of rotatable bonds is 5. The molecule has 2 nitrogen and oxygen atoms in total. The van der Waals surface area contributed by atoms with Gasteiger partial charge in [0, 0.05) is 18.6 Å². The first kappa shape index (κ1) is 14.5. The van der Waals surface area contributed by atoms with E-state index in [4.69, 9.17) is 0 Å². The average molecular weight is 264 g/mol. The third-order valence-electron chi connectivity index (χ3n) is 4.07. The van der Waals surface area contributed by atoms with Gasteiger partial charge < -0.3 is 5.32 Å². The summed E-state index contributed by atoms with van der Waals surface area (Å²) in [6, 6.07) is 7.92. The van der Waals surface area contributed by atoms with E-state index in [1.165, 1.54) is 18.4 Å². The number of halogens is 1. The summed E-state index contributed by atoms with van der Waals surface area (Å²) in [5.41, 5.74) is 1.21. The molecule has 1 aliphatic rings. The van der Waals surface area contributed by atoms with Crippen LogP contribution in [0.3, 0.4) is 0 Å². The Morgan fingerprint density at radius 1 is 1.37 bits per heavy atom. The van der Waals surface area contributed by atoms with E-state index in [1.54, 1.807) is 12.1 Å². The smallest absolute Gasteiger partial charge is 0.123 e. The van der Waals surface area contributed by atoms with Crippen LogP contribution >= 0.6 is 0 Å². The summed E-state index contributed by atoms with van der Waals surface area (Å²) >= 11 is 0. The molecule has 106 valence electrons. The van der Waals surface area contributed by atoms with Crippen LogP contribution in [0.25, 0.3) is 0 Å². The van der Waals surface area contributed by atoms with Gasteiger partial charge in [0.25, 0.3) is 0 Å². The van der Waals surface area contributed by atoms with Crippen LogP contribution in [0, 0.1) is 5.82 Å². The molecule has 0 saturated carbocycles. The molecule has 2 unspecified atom stereocenters. The number of benzene rings is 1. The molecule has 2 atom stereocenters. The summed E-state index contributed by atoms with van der Waals surface area (Å²) < 4.78 is 13.0. The molecule has 1 N–H and O–H groups in total. The first-order valence-corrected chi connectivity index (χ1v) is 7.44. The number of nitrogens with zero attached hydrogens (tertiary/aromatic N) is 1. The van der Waals surface area contributed by atoms with Gasteiger partial charge in [0.15, 0.2) is 0 Å². The lowest BCUT2D eigenvalue weighted by Crippen LogP contribution is -2.47. The summed E-state index contributed by atoms with van der Waals surface area (Å²) in [5, 5.41) is 3.49. The summed E-state index contributed by atoms with van der Waals surface area (Å²) in [5.74, 6) is -0.155. The Labute approximate surface area is 116 Å². The predicted octanol–water partition coefficient (Wildman–Crippen LogP) is 3.35. The number of piperidine rings is 1. The average Bonchev–Trinajstić information content (AvgIpc) is 2.46. The van der Waals surface area contributed by atoms with Crippen molar-refractivity contribution < 1.29 is 4.39 Å². The van der Waals surface area contributed by atoms with Gasteiger partial charge in [0.05, 0.1) is 0 Å². The van der Waals surface area contributed by atoms with Crippen LogP contribution in [0.15, 0.2) is 24.3 Å². The van der Waals surface area contributed by atoms with Gasteiger partial charge in [-0.05, 0) is 57.0 Å². The molecule has 19 heavy (non-hydrogen) atoms. The Morgan fingerprint density at radius 3 is 2.68 bits per heavy atom. The van der Waals surface area contributed by atoms with E-state index in [0.717, 1.165) is 26.1 Å². The molecule has 1 fully saturated rings. The van der Waals surface area contributed by atoms with Crippen molar-refractivity contribution in [3.05, 3.63) is 35.6 Å². The molecule has 1 saturated heterocycles. The first-order valence-electron chi connectivity index (χ1n) is 7.44. The highest BCUT2D eigenvalue weighted by atomic mass is 19.1. The number of nitrogens with one attached hydrogen (secondary N) is 1. The van der Waals surface area contributed by atoms with Gasteiger partial charge in [-0.15, -0.1) is 0 Å². The lowest BCUT2D eigenvalue weighted by Gasteiger charge is -2.39. The Morgan fingerprint density at radius 2 is 2.11 bits per heavy atom. The standard InChI is InChI=1S/C16H25FN2/c1-3-11-19(16-5-4-10-18-12-16)13(2)14-6-8-15(17)9-7-14/h6-9,13,16,18H,3-5,10-12H2,1-2H3. The van der Waals surface area contributed by atoms with Crippen LogP contribution < -0.4 is 5.32 Å². The van der Waals surface area contributed by atoms with Crippen LogP contribution in [0.1, 0.15) is 44.7 Å². The second-order valence-corrected chi connectivity index (χ2v) is 5.47. The van der Waals surface area contributed by atoms with Crippen molar-refractivity contribution in [2.24, 2.45) is 0 Å². The van der Waals surface area contributed by atoms with Crippen LogP contribution in [0.4, 0.5) is 4.39 Å². The highest BCUT2D eigenvalue weighted by molar-refractivity contribution is 5.19. The molecule has 1 aromatic rings. The minimum atomic E-state index is -0.155.